The first-order valence-electron chi connectivity index (χ1n) is 6.43. The molecule has 2 fully saturated rings. The van der Waals surface area contributed by atoms with E-state index >= 15 is 0 Å². The summed E-state index contributed by atoms with van der Waals surface area (Å²) in [7, 11) is 3.52. The highest BCUT2D eigenvalue weighted by Gasteiger charge is 2.32. The predicted molar refractivity (Wildman–Crippen MR) is 65.3 cm³/mol. The lowest BCUT2D eigenvalue weighted by molar-refractivity contribution is -0.00461. The van der Waals surface area contributed by atoms with Gasteiger partial charge < -0.3 is 19.5 Å². The fourth-order valence-electron chi connectivity index (χ4n) is 2.59. The van der Waals surface area contributed by atoms with Crippen LogP contribution >= 0.6 is 0 Å². The molecule has 2 saturated heterocycles. The summed E-state index contributed by atoms with van der Waals surface area (Å²) in [5.74, 6) is 0. The average Bonchev–Trinajstić information content (AvgIpc) is 2.80. The Balaban J connectivity index is 1.69. The zero-order valence-electron chi connectivity index (χ0n) is 10.9. The van der Waals surface area contributed by atoms with Crippen molar-refractivity contribution in [3.05, 3.63) is 0 Å². The first-order valence-corrected chi connectivity index (χ1v) is 6.43. The smallest absolute Gasteiger partial charge is 0.0971 e. The maximum absolute atomic E-state index is 5.69. The summed E-state index contributed by atoms with van der Waals surface area (Å²) in [5, 5.41) is 3.36. The lowest BCUT2D eigenvalue weighted by Gasteiger charge is -2.25. The van der Waals surface area contributed by atoms with Crippen molar-refractivity contribution in [3.8, 4) is 0 Å². The molecule has 0 bridgehead atoms. The number of ether oxygens (including phenoxy) is 3. The third-order valence-corrected chi connectivity index (χ3v) is 3.67. The minimum Gasteiger partial charge on any atom is -0.377 e. The van der Waals surface area contributed by atoms with Crippen LogP contribution in [0.2, 0.25) is 0 Å². The first kappa shape index (κ1) is 13.2. The maximum atomic E-state index is 5.69. The normalized spacial score (nSPS) is 35.3. The van der Waals surface area contributed by atoms with E-state index in [1.807, 2.05) is 0 Å². The molecule has 2 aliphatic rings. The highest BCUT2D eigenvalue weighted by Crippen LogP contribution is 2.16. The van der Waals surface area contributed by atoms with Crippen LogP contribution in [0.4, 0.5) is 0 Å². The number of methoxy groups -OCH3 is 2. The van der Waals surface area contributed by atoms with Gasteiger partial charge in [-0.05, 0) is 6.42 Å². The number of nitrogens with zero attached hydrogens (tertiary/aromatic N) is 1. The van der Waals surface area contributed by atoms with E-state index in [-0.39, 0.29) is 12.2 Å². The molecular formula is C12H24N2O3. The van der Waals surface area contributed by atoms with Crippen LogP contribution < -0.4 is 5.32 Å². The molecule has 0 spiro atoms. The van der Waals surface area contributed by atoms with Gasteiger partial charge in [0.05, 0.1) is 24.9 Å². The lowest BCUT2D eigenvalue weighted by Crippen LogP contribution is -2.40. The second-order valence-electron chi connectivity index (χ2n) is 4.79. The number of nitrogens with one attached hydrogen (secondary N) is 1. The fraction of sp³-hybridized carbons (Fsp3) is 1.00. The van der Waals surface area contributed by atoms with Crippen molar-refractivity contribution in [2.45, 2.75) is 24.7 Å². The second-order valence-corrected chi connectivity index (χ2v) is 4.79. The van der Waals surface area contributed by atoms with Gasteiger partial charge in [-0.25, -0.2) is 0 Å². The van der Waals surface area contributed by atoms with Crippen LogP contribution in [-0.4, -0.2) is 76.8 Å². The van der Waals surface area contributed by atoms with Crippen molar-refractivity contribution < 1.29 is 14.2 Å². The molecule has 5 nitrogen and oxygen atoms in total. The topological polar surface area (TPSA) is 43.0 Å². The summed E-state index contributed by atoms with van der Waals surface area (Å²) < 4.78 is 16.5. The van der Waals surface area contributed by atoms with Gasteiger partial charge in [0.1, 0.15) is 0 Å². The van der Waals surface area contributed by atoms with Gasteiger partial charge in [0.2, 0.25) is 0 Å². The van der Waals surface area contributed by atoms with Gasteiger partial charge in [0, 0.05) is 46.9 Å². The summed E-state index contributed by atoms with van der Waals surface area (Å²) in [6, 6.07) is 0. The van der Waals surface area contributed by atoms with Crippen LogP contribution in [0, 0.1) is 0 Å². The quantitative estimate of drug-likeness (QED) is 0.720. The van der Waals surface area contributed by atoms with E-state index in [9.17, 15) is 0 Å². The van der Waals surface area contributed by atoms with Gasteiger partial charge in [-0.1, -0.05) is 0 Å². The Bertz CT molecular complexity index is 210. The molecule has 2 aliphatic heterocycles. The Morgan fingerprint density at radius 1 is 1.24 bits per heavy atom. The van der Waals surface area contributed by atoms with Crippen LogP contribution in [0.1, 0.15) is 6.42 Å². The monoisotopic (exact) mass is 244 g/mol. The molecule has 0 amide bonds. The molecule has 1 N–H and O–H groups in total. The van der Waals surface area contributed by atoms with Crippen molar-refractivity contribution >= 4 is 0 Å². The van der Waals surface area contributed by atoms with Crippen molar-refractivity contribution in [2.24, 2.45) is 0 Å². The van der Waals surface area contributed by atoms with Gasteiger partial charge in [0.25, 0.3) is 0 Å². The fourth-order valence-corrected chi connectivity index (χ4v) is 2.59. The molecule has 0 aromatic carbocycles. The molecular weight excluding hydrogens is 220 g/mol. The number of morpholine rings is 1. The predicted octanol–water partition coefficient (Wildman–Crippen LogP) is -0.289. The van der Waals surface area contributed by atoms with Gasteiger partial charge in [-0.2, -0.15) is 0 Å². The molecule has 0 radical (unpaired) electrons. The third kappa shape index (κ3) is 3.63. The minimum atomic E-state index is 0.213. The molecule has 2 heterocycles. The molecule has 17 heavy (non-hydrogen) atoms. The minimum absolute atomic E-state index is 0.213. The summed E-state index contributed by atoms with van der Waals surface area (Å²) in [4.78, 5) is 2.40. The number of hydrogen-bond acceptors (Lipinski definition) is 5. The number of rotatable bonds is 5. The van der Waals surface area contributed by atoms with Crippen LogP contribution in [-0.2, 0) is 14.2 Å². The van der Waals surface area contributed by atoms with E-state index in [1.165, 1.54) is 0 Å². The summed E-state index contributed by atoms with van der Waals surface area (Å²) in [5.41, 5.74) is 0. The van der Waals surface area contributed by atoms with E-state index in [4.69, 9.17) is 14.2 Å². The summed E-state index contributed by atoms with van der Waals surface area (Å²) in [6.45, 7) is 5.80. The Hall–Kier alpha value is -0.200. The van der Waals surface area contributed by atoms with Crippen molar-refractivity contribution in [2.75, 3.05) is 53.6 Å². The molecule has 0 aliphatic carbocycles. The van der Waals surface area contributed by atoms with Gasteiger partial charge in [-0.3, -0.25) is 4.90 Å². The maximum Gasteiger partial charge on any atom is 0.0971 e. The van der Waals surface area contributed by atoms with Crippen LogP contribution in [0.25, 0.3) is 0 Å². The molecule has 2 rings (SSSR count). The zero-order chi connectivity index (χ0) is 12.1. The molecule has 100 valence electrons. The molecule has 3 unspecified atom stereocenters. The molecule has 5 heteroatoms. The zero-order valence-corrected chi connectivity index (χ0v) is 10.9. The van der Waals surface area contributed by atoms with Crippen LogP contribution in [0.15, 0.2) is 0 Å². The third-order valence-electron chi connectivity index (χ3n) is 3.67. The largest absolute Gasteiger partial charge is 0.377 e. The second kappa shape index (κ2) is 6.66. The average molecular weight is 244 g/mol. The van der Waals surface area contributed by atoms with E-state index in [1.54, 1.807) is 14.2 Å². The lowest BCUT2D eigenvalue weighted by atomic mass is 10.2. The van der Waals surface area contributed by atoms with E-state index in [0.717, 1.165) is 45.8 Å². The molecule has 0 aromatic heterocycles. The Morgan fingerprint density at radius 2 is 1.94 bits per heavy atom. The van der Waals surface area contributed by atoms with E-state index in [2.05, 4.69) is 10.2 Å². The van der Waals surface area contributed by atoms with Crippen LogP contribution in [0.5, 0.6) is 0 Å². The molecule has 3 atom stereocenters. The molecule has 0 saturated carbocycles. The van der Waals surface area contributed by atoms with E-state index in [0.29, 0.717) is 6.10 Å². The number of hydrogen-bond donors (Lipinski definition) is 1. The van der Waals surface area contributed by atoms with Gasteiger partial charge >= 0.3 is 0 Å². The highest BCUT2D eigenvalue weighted by molar-refractivity contribution is 4.86. The van der Waals surface area contributed by atoms with Crippen molar-refractivity contribution in [3.63, 3.8) is 0 Å². The van der Waals surface area contributed by atoms with Gasteiger partial charge in [-0.15, -0.1) is 0 Å². The Morgan fingerprint density at radius 3 is 2.47 bits per heavy atom. The SMILES string of the molecule is COC1CN(CCC2CNCCO2)CC1OC. The Labute approximate surface area is 103 Å². The standard InChI is InChI=1S/C12H24N2O3/c1-15-11-8-14(9-12(11)16-2)5-3-10-7-13-4-6-17-10/h10-13H,3-9H2,1-2H3. The summed E-state index contributed by atoms with van der Waals surface area (Å²) in [6.07, 6.45) is 1.88. The van der Waals surface area contributed by atoms with Crippen molar-refractivity contribution in [1.82, 2.24) is 10.2 Å². The number of likely N-dealkylation sites (tertiary alicyclic amines) is 1. The van der Waals surface area contributed by atoms with Gasteiger partial charge in [0.15, 0.2) is 0 Å². The van der Waals surface area contributed by atoms with Crippen LogP contribution in [0.3, 0.4) is 0 Å². The first-order chi connectivity index (χ1) is 8.33. The molecule has 0 aromatic rings. The highest BCUT2D eigenvalue weighted by atomic mass is 16.5. The summed E-state index contributed by atoms with van der Waals surface area (Å²) >= 11 is 0. The Kier molecular flexibility index (Phi) is 5.18. The van der Waals surface area contributed by atoms with Crippen molar-refractivity contribution in [1.29, 1.82) is 0 Å². The van der Waals surface area contributed by atoms with E-state index < -0.39 is 0 Å².